The Balaban J connectivity index is 1.74. The second-order valence-electron chi connectivity index (χ2n) is 8.89. The molecule has 29 heavy (non-hydrogen) atoms. The van der Waals surface area contributed by atoms with Crippen LogP contribution in [0.25, 0.3) is 0 Å². The van der Waals surface area contributed by atoms with Gasteiger partial charge < -0.3 is 16.0 Å². The van der Waals surface area contributed by atoms with E-state index in [9.17, 15) is 9.59 Å². The van der Waals surface area contributed by atoms with Gasteiger partial charge in [-0.3, -0.25) is 14.5 Å². The molecule has 1 aromatic rings. The predicted molar refractivity (Wildman–Crippen MR) is 115 cm³/mol. The van der Waals surface area contributed by atoms with E-state index in [1.807, 2.05) is 11.0 Å². The summed E-state index contributed by atoms with van der Waals surface area (Å²) in [5.41, 5.74) is 6.86. The Labute approximate surface area is 174 Å². The summed E-state index contributed by atoms with van der Waals surface area (Å²) in [5, 5.41) is 2.92. The molecule has 0 spiro atoms. The van der Waals surface area contributed by atoms with Crippen molar-refractivity contribution in [2.24, 2.45) is 17.6 Å². The average Bonchev–Trinajstić information content (AvgIpc) is 3.56. The number of nitrogens with zero attached hydrogens (tertiary/aromatic N) is 2. The zero-order valence-corrected chi connectivity index (χ0v) is 17.8. The Kier molecular flexibility index (Phi) is 7.67. The highest BCUT2D eigenvalue weighted by Gasteiger charge is 2.42. The van der Waals surface area contributed by atoms with E-state index in [4.69, 9.17) is 5.73 Å². The smallest absolute Gasteiger partial charge is 0.242 e. The van der Waals surface area contributed by atoms with E-state index >= 15 is 0 Å². The average molecular weight is 401 g/mol. The Hall–Kier alpha value is -1.92. The van der Waals surface area contributed by atoms with Crippen molar-refractivity contribution < 1.29 is 9.59 Å². The first-order valence-corrected chi connectivity index (χ1v) is 11.1. The topological polar surface area (TPSA) is 78.7 Å². The summed E-state index contributed by atoms with van der Waals surface area (Å²) in [6.45, 7) is 7.83. The van der Waals surface area contributed by atoms with Crippen LogP contribution in [0.3, 0.4) is 0 Å². The lowest BCUT2D eigenvalue weighted by Crippen LogP contribution is -2.58. The van der Waals surface area contributed by atoms with Gasteiger partial charge in [-0.25, -0.2) is 0 Å². The van der Waals surface area contributed by atoms with Gasteiger partial charge in [0.05, 0.1) is 0 Å². The SMILES string of the molecule is CC(C)CN(Cc1ccccc1)C1CCN(C(=O)C2CC2)[C@@H](C(=O)NCCN)C1. The zero-order valence-electron chi connectivity index (χ0n) is 17.8. The van der Waals surface area contributed by atoms with Gasteiger partial charge in [0.1, 0.15) is 6.04 Å². The van der Waals surface area contributed by atoms with Crippen LogP contribution in [0, 0.1) is 11.8 Å². The Morgan fingerprint density at radius 1 is 1.21 bits per heavy atom. The number of hydrogen-bond donors (Lipinski definition) is 2. The number of piperidine rings is 1. The first kappa shape index (κ1) is 21.8. The van der Waals surface area contributed by atoms with E-state index in [0.29, 0.717) is 32.0 Å². The van der Waals surface area contributed by atoms with Gasteiger partial charge in [0, 0.05) is 44.7 Å². The molecule has 2 aliphatic rings. The van der Waals surface area contributed by atoms with Crippen LogP contribution in [0.2, 0.25) is 0 Å². The first-order valence-electron chi connectivity index (χ1n) is 11.1. The molecule has 3 N–H and O–H groups in total. The maximum absolute atomic E-state index is 12.9. The van der Waals surface area contributed by atoms with Gasteiger partial charge in [0.15, 0.2) is 0 Å². The molecule has 6 heteroatoms. The lowest BCUT2D eigenvalue weighted by molar-refractivity contribution is -0.144. The summed E-state index contributed by atoms with van der Waals surface area (Å²) in [6, 6.07) is 10.4. The number of amides is 2. The fourth-order valence-corrected chi connectivity index (χ4v) is 4.30. The number of benzene rings is 1. The highest BCUT2D eigenvalue weighted by atomic mass is 16.2. The maximum atomic E-state index is 12.9. The molecule has 3 rings (SSSR count). The lowest BCUT2D eigenvalue weighted by atomic mass is 9.93. The third kappa shape index (κ3) is 6.03. The van der Waals surface area contributed by atoms with E-state index in [1.54, 1.807) is 0 Å². The number of carbonyl (C=O) groups excluding carboxylic acids is 2. The normalized spacial score (nSPS) is 22.2. The molecule has 2 fully saturated rings. The third-order valence-corrected chi connectivity index (χ3v) is 5.88. The minimum Gasteiger partial charge on any atom is -0.353 e. The van der Waals surface area contributed by atoms with Crippen molar-refractivity contribution in [2.45, 2.75) is 58.2 Å². The number of nitrogens with one attached hydrogen (secondary N) is 1. The molecule has 0 bridgehead atoms. The fraction of sp³-hybridized carbons (Fsp3) is 0.652. The van der Waals surface area contributed by atoms with Crippen LogP contribution in [-0.2, 0) is 16.1 Å². The molecular weight excluding hydrogens is 364 g/mol. The standard InChI is InChI=1S/C23H36N4O2/c1-17(2)15-26(16-18-6-4-3-5-7-18)20-10-13-27(23(29)19-8-9-19)21(14-20)22(28)25-12-11-24/h3-7,17,19-21H,8-16,24H2,1-2H3,(H,25,28)/t20?,21-/m1/s1. The van der Waals surface area contributed by atoms with Crippen molar-refractivity contribution in [1.82, 2.24) is 15.1 Å². The van der Waals surface area contributed by atoms with E-state index in [0.717, 1.165) is 32.4 Å². The van der Waals surface area contributed by atoms with Gasteiger partial charge in [-0.2, -0.15) is 0 Å². The fourth-order valence-electron chi connectivity index (χ4n) is 4.30. The van der Waals surface area contributed by atoms with E-state index in [2.05, 4.69) is 48.3 Å². The molecular formula is C23H36N4O2. The molecule has 2 atom stereocenters. The maximum Gasteiger partial charge on any atom is 0.242 e. The molecule has 1 saturated carbocycles. The van der Waals surface area contributed by atoms with Crippen LogP contribution < -0.4 is 11.1 Å². The van der Waals surface area contributed by atoms with Crippen molar-refractivity contribution in [2.75, 3.05) is 26.2 Å². The molecule has 2 amide bonds. The minimum atomic E-state index is -0.390. The summed E-state index contributed by atoms with van der Waals surface area (Å²) >= 11 is 0. The number of rotatable bonds is 9. The number of carbonyl (C=O) groups is 2. The van der Waals surface area contributed by atoms with E-state index in [1.165, 1.54) is 5.56 Å². The molecule has 0 aromatic heterocycles. The predicted octanol–water partition coefficient (Wildman–Crippen LogP) is 1.99. The minimum absolute atomic E-state index is 0.0571. The zero-order chi connectivity index (χ0) is 20.8. The van der Waals surface area contributed by atoms with Crippen LogP contribution in [0.4, 0.5) is 0 Å². The first-order chi connectivity index (χ1) is 14.0. The molecule has 0 radical (unpaired) electrons. The van der Waals surface area contributed by atoms with Crippen molar-refractivity contribution in [3.63, 3.8) is 0 Å². The number of nitrogens with two attached hydrogens (primary N) is 1. The molecule has 160 valence electrons. The number of hydrogen-bond acceptors (Lipinski definition) is 4. The van der Waals surface area contributed by atoms with E-state index < -0.39 is 0 Å². The highest BCUT2D eigenvalue weighted by Crippen LogP contribution is 2.34. The number of likely N-dealkylation sites (tertiary alicyclic amines) is 1. The van der Waals surface area contributed by atoms with Crippen molar-refractivity contribution in [1.29, 1.82) is 0 Å². The molecule has 6 nitrogen and oxygen atoms in total. The largest absolute Gasteiger partial charge is 0.353 e. The Morgan fingerprint density at radius 3 is 2.55 bits per heavy atom. The second-order valence-corrected chi connectivity index (χ2v) is 8.89. The van der Waals surface area contributed by atoms with Gasteiger partial charge in [-0.1, -0.05) is 44.2 Å². The summed E-state index contributed by atoms with van der Waals surface area (Å²) in [4.78, 5) is 30.0. The molecule has 1 heterocycles. The van der Waals surface area contributed by atoms with Crippen LogP contribution in [0.15, 0.2) is 30.3 Å². The second kappa shape index (κ2) is 10.2. The van der Waals surface area contributed by atoms with Crippen molar-refractivity contribution in [3.8, 4) is 0 Å². The molecule has 1 unspecified atom stereocenters. The third-order valence-electron chi connectivity index (χ3n) is 5.88. The Bertz CT molecular complexity index is 675. The summed E-state index contributed by atoms with van der Waals surface area (Å²) in [6.07, 6.45) is 3.53. The molecule has 1 aromatic carbocycles. The Morgan fingerprint density at radius 2 is 1.93 bits per heavy atom. The van der Waals surface area contributed by atoms with Crippen molar-refractivity contribution >= 4 is 11.8 Å². The quantitative estimate of drug-likeness (QED) is 0.664. The summed E-state index contributed by atoms with van der Waals surface area (Å²) in [5.74, 6) is 0.773. The van der Waals surface area contributed by atoms with Crippen LogP contribution >= 0.6 is 0 Å². The highest BCUT2D eigenvalue weighted by molar-refractivity contribution is 5.89. The van der Waals surface area contributed by atoms with Gasteiger partial charge >= 0.3 is 0 Å². The summed E-state index contributed by atoms with van der Waals surface area (Å²) < 4.78 is 0. The molecule has 1 aliphatic carbocycles. The van der Waals surface area contributed by atoms with Crippen LogP contribution in [0.1, 0.15) is 45.1 Å². The van der Waals surface area contributed by atoms with Gasteiger partial charge in [0.2, 0.25) is 11.8 Å². The van der Waals surface area contributed by atoms with Gasteiger partial charge in [-0.05, 0) is 37.2 Å². The van der Waals surface area contributed by atoms with Crippen molar-refractivity contribution in [3.05, 3.63) is 35.9 Å². The van der Waals surface area contributed by atoms with Crippen LogP contribution in [-0.4, -0.2) is 59.9 Å². The van der Waals surface area contributed by atoms with E-state index in [-0.39, 0.29) is 29.8 Å². The lowest BCUT2D eigenvalue weighted by Gasteiger charge is -2.43. The summed E-state index contributed by atoms with van der Waals surface area (Å²) in [7, 11) is 0. The molecule has 1 aliphatic heterocycles. The molecule has 1 saturated heterocycles. The van der Waals surface area contributed by atoms with Gasteiger partial charge in [-0.15, -0.1) is 0 Å². The van der Waals surface area contributed by atoms with Gasteiger partial charge in [0.25, 0.3) is 0 Å². The monoisotopic (exact) mass is 400 g/mol. The van der Waals surface area contributed by atoms with Crippen LogP contribution in [0.5, 0.6) is 0 Å².